The fraction of sp³-hybridized carbons (Fsp3) is 0.653. The first-order chi connectivity index (χ1) is 27.6. The van der Waals surface area contributed by atoms with E-state index in [1.54, 1.807) is 21.1 Å². The summed E-state index contributed by atoms with van der Waals surface area (Å²) in [6, 6.07) is -0.740. The van der Waals surface area contributed by atoms with Crippen LogP contribution in [0.25, 0.3) is 0 Å². The lowest BCUT2D eigenvalue weighted by molar-refractivity contribution is -0.889. The molecule has 0 aromatic rings. The number of hydrogen-bond acceptors (Lipinski definition) is 7. The van der Waals surface area contributed by atoms with E-state index in [1.807, 2.05) is 0 Å². The van der Waals surface area contributed by atoms with E-state index in [-0.39, 0.29) is 49.1 Å². The van der Waals surface area contributed by atoms with Gasteiger partial charge in [-0.2, -0.15) is 0 Å². The molecule has 0 amide bonds. The molecule has 0 saturated heterocycles. The highest BCUT2D eigenvalue weighted by atomic mass is 16.6. The van der Waals surface area contributed by atoms with Crippen LogP contribution in [0.15, 0.2) is 85.1 Å². The highest BCUT2D eigenvalue weighted by molar-refractivity contribution is 5.70. The van der Waals surface area contributed by atoms with Crippen LogP contribution in [0, 0.1) is 0 Å². The maximum absolute atomic E-state index is 12.7. The molecule has 0 N–H and O–H groups in total. The van der Waals surface area contributed by atoms with Gasteiger partial charge in [0.25, 0.3) is 0 Å². The van der Waals surface area contributed by atoms with Gasteiger partial charge >= 0.3 is 11.9 Å². The van der Waals surface area contributed by atoms with E-state index in [2.05, 4.69) is 98.9 Å². The molecule has 8 heteroatoms. The zero-order valence-electron chi connectivity index (χ0n) is 36.7. The van der Waals surface area contributed by atoms with E-state index < -0.39 is 18.1 Å². The molecule has 0 aromatic carbocycles. The van der Waals surface area contributed by atoms with Crippen molar-refractivity contribution in [1.82, 2.24) is 0 Å². The summed E-state index contributed by atoms with van der Waals surface area (Å²) in [5.41, 5.74) is 0. The average molecular weight is 796 g/mol. The standard InChI is InChI=1S/C49H81NO7/c1-6-8-10-12-14-16-18-20-21-22-23-24-25-26-27-28-30-31-33-35-37-39-47(51)56-44-45(43-55-42-41-46(49(53)54)50(3,4)5)57-48(52)40-38-36-34-32-29-19-17-15-13-11-9-7-2/h9,11,14-17,20-21,23-24,26-27,29,32,45-46H,6-8,10,12-13,18-19,22,25,28,30-31,33-44H2,1-5H3/b11-9+,16-14+,17-15+,21-20+,24-23+,27-26+,32-29+. The van der Waals surface area contributed by atoms with Gasteiger partial charge in [-0.1, -0.05) is 131 Å². The summed E-state index contributed by atoms with van der Waals surface area (Å²) in [6.07, 6.45) is 50.4. The first kappa shape index (κ1) is 53.5. The van der Waals surface area contributed by atoms with Crippen molar-refractivity contribution in [2.24, 2.45) is 0 Å². The summed E-state index contributed by atoms with van der Waals surface area (Å²) in [5.74, 6) is -1.82. The number of likely N-dealkylation sites (N-methyl/N-ethyl adjacent to an activating group) is 1. The minimum absolute atomic E-state index is 0.0138. The van der Waals surface area contributed by atoms with Crippen molar-refractivity contribution in [3.05, 3.63) is 85.1 Å². The Morgan fingerprint density at radius 2 is 0.982 bits per heavy atom. The monoisotopic (exact) mass is 796 g/mol. The molecular weight excluding hydrogens is 715 g/mol. The van der Waals surface area contributed by atoms with Gasteiger partial charge in [-0.05, 0) is 89.9 Å². The summed E-state index contributed by atoms with van der Waals surface area (Å²) in [7, 11) is 5.37. The van der Waals surface area contributed by atoms with E-state index in [4.69, 9.17) is 14.2 Å². The zero-order chi connectivity index (χ0) is 42.1. The van der Waals surface area contributed by atoms with E-state index in [9.17, 15) is 19.5 Å². The third-order valence-electron chi connectivity index (χ3n) is 9.27. The minimum atomic E-state index is -1.14. The van der Waals surface area contributed by atoms with Gasteiger partial charge in [-0.15, -0.1) is 0 Å². The molecule has 0 spiro atoms. The third-order valence-corrected chi connectivity index (χ3v) is 9.27. The summed E-state index contributed by atoms with van der Waals surface area (Å²) in [4.78, 5) is 36.8. The number of carboxylic acids is 1. The number of aliphatic carboxylic acids is 1. The Morgan fingerprint density at radius 3 is 1.49 bits per heavy atom. The number of nitrogens with zero attached hydrogens (tertiary/aromatic N) is 1. The Hall–Kier alpha value is -3.49. The lowest BCUT2D eigenvalue weighted by atomic mass is 10.1. The van der Waals surface area contributed by atoms with Gasteiger partial charge in [-0.25, -0.2) is 0 Å². The van der Waals surface area contributed by atoms with Crippen molar-refractivity contribution in [1.29, 1.82) is 0 Å². The Bertz CT molecular complexity index is 1200. The van der Waals surface area contributed by atoms with E-state index in [0.29, 0.717) is 12.8 Å². The maximum atomic E-state index is 12.7. The molecule has 2 atom stereocenters. The van der Waals surface area contributed by atoms with Crippen LogP contribution in [0.5, 0.6) is 0 Å². The van der Waals surface area contributed by atoms with Crippen LogP contribution in [-0.2, 0) is 28.6 Å². The smallest absolute Gasteiger partial charge is 0.306 e. The molecule has 0 saturated carbocycles. The van der Waals surface area contributed by atoms with E-state index in [0.717, 1.165) is 89.9 Å². The molecule has 0 fully saturated rings. The number of hydrogen-bond donors (Lipinski definition) is 0. The lowest BCUT2D eigenvalue weighted by Gasteiger charge is -2.34. The Labute approximate surface area is 348 Å². The minimum Gasteiger partial charge on any atom is -0.544 e. The van der Waals surface area contributed by atoms with Crippen LogP contribution in [0.2, 0.25) is 0 Å². The van der Waals surface area contributed by atoms with Gasteiger partial charge in [-0.3, -0.25) is 9.59 Å². The number of allylic oxidation sites excluding steroid dienone is 14. The number of carbonyl (C=O) groups is 3. The predicted molar refractivity (Wildman–Crippen MR) is 235 cm³/mol. The average Bonchev–Trinajstić information content (AvgIpc) is 3.17. The quantitative estimate of drug-likeness (QED) is 0.0265. The molecule has 8 nitrogen and oxygen atoms in total. The van der Waals surface area contributed by atoms with Crippen LogP contribution in [-0.4, -0.2) is 75.5 Å². The molecule has 2 unspecified atom stereocenters. The topological polar surface area (TPSA) is 102 Å². The molecule has 0 aliphatic heterocycles. The van der Waals surface area contributed by atoms with Crippen molar-refractivity contribution < 1.29 is 38.2 Å². The van der Waals surface area contributed by atoms with Crippen molar-refractivity contribution in [2.75, 3.05) is 41.0 Å². The van der Waals surface area contributed by atoms with Crippen LogP contribution in [0.4, 0.5) is 0 Å². The number of quaternary nitrogens is 1. The van der Waals surface area contributed by atoms with Crippen molar-refractivity contribution in [3.8, 4) is 0 Å². The van der Waals surface area contributed by atoms with Gasteiger partial charge < -0.3 is 28.6 Å². The third kappa shape index (κ3) is 37.8. The molecule has 57 heavy (non-hydrogen) atoms. The fourth-order valence-corrected chi connectivity index (χ4v) is 5.83. The van der Waals surface area contributed by atoms with Gasteiger partial charge in [0, 0.05) is 19.3 Å². The van der Waals surface area contributed by atoms with Gasteiger partial charge in [0.05, 0.1) is 40.3 Å². The number of ether oxygens (including phenoxy) is 3. The fourth-order valence-electron chi connectivity index (χ4n) is 5.83. The summed E-state index contributed by atoms with van der Waals surface area (Å²) >= 11 is 0. The molecule has 0 bridgehead atoms. The van der Waals surface area contributed by atoms with E-state index >= 15 is 0 Å². The number of esters is 2. The molecule has 0 aliphatic rings. The van der Waals surface area contributed by atoms with Gasteiger partial charge in [0.1, 0.15) is 12.6 Å². The molecular formula is C49H81NO7. The number of carboxylic acid groups (broad SMARTS) is 1. The Morgan fingerprint density at radius 1 is 0.544 bits per heavy atom. The second kappa shape index (κ2) is 39.3. The van der Waals surface area contributed by atoms with Crippen LogP contribution in [0.1, 0.15) is 155 Å². The second-order valence-electron chi connectivity index (χ2n) is 15.5. The molecule has 0 rings (SSSR count). The van der Waals surface area contributed by atoms with Crippen LogP contribution in [0.3, 0.4) is 0 Å². The van der Waals surface area contributed by atoms with Gasteiger partial charge in [0.15, 0.2) is 6.10 Å². The number of unbranched alkanes of at least 4 members (excludes halogenated alkanes) is 10. The van der Waals surface area contributed by atoms with Crippen LogP contribution < -0.4 is 5.11 Å². The first-order valence-electron chi connectivity index (χ1n) is 22.1. The normalized spacial score (nSPS) is 13.8. The first-order valence-corrected chi connectivity index (χ1v) is 22.1. The van der Waals surface area contributed by atoms with Crippen molar-refractivity contribution in [3.63, 3.8) is 0 Å². The molecule has 324 valence electrons. The molecule has 0 heterocycles. The number of rotatable bonds is 38. The SMILES string of the molecule is CC/C=C/C/C=C/C/C=C/CCCCC(=O)OC(COCCC(C(=O)[O-])[N+](C)(C)C)COC(=O)CCCCCCC/C=C/C/C=C/C/C=C/C/C=C/CCCCC. The largest absolute Gasteiger partial charge is 0.544 e. The second-order valence-corrected chi connectivity index (χ2v) is 15.5. The highest BCUT2D eigenvalue weighted by Crippen LogP contribution is 2.12. The zero-order valence-corrected chi connectivity index (χ0v) is 36.7. The molecule has 0 aromatic heterocycles. The van der Waals surface area contributed by atoms with Crippen LogP contribution >= 0.6 is 0 Å². The summed E-state index contributed by atoms with van der Waals surface area (Å²) in [6.45, 7) is 4.43. The lowest BCUT2D eigenvalue weighted by Crippen LogP contribution is -2.55. The predicted octanol–water partition coefficient (Wildman–Crippen LogP) is 10.8. The number of carbonyl (C=O) groups excluding carboxylic acids is 3. The summed E-state index contributed by atoms with van der Waals surface area (Å²) in [5, 5.41) is 11.6. The maximum Gasteiger partial charge on any atom is 0.306 e. The van der Waals surface area contributed by atoms with Crippen molar-refractivity contribution >= 4 is 17.9 Å². The van der Waals surface area contributed by atoms with Crippen molar-refractivity contribution in [2.45, 2.75) is 167 Å². The van der Waals surface area contributed by atoms with E-state index in [1.165, 1.54) is 25.7 Å². The van der Waals surface area contributed by atoms with Gasteiger partial charge in [0.2, 0.25) is 0 Å². The highest BCUT2D eigenvalue weighted by Gasteiger charge is 2.25. The Balaban J connectivity index is 4.39. The molecule has 0 radical (unpaired) electrons. The summed E-state index contributed by atoms with van der Waals surface area (Å²) < 4.78 is 17.1. The Kier molecular flexibility index (Phi) is 36.9. The molecule has 0 aliphatic carbocycles.